The number of Topliss-reactive ketones (excluding diaryl/α,β-unsaturated/α-hetero) is 1. The van der Waals surface area contributed by atoms with Crippen LogP contribution in [-0.4, -0.2) is 44.7 Å². The number of hydrogen-bond acceptors (Lipinski definition) is 7. The van der Waals surface area contributed by atoms with Gasteiger partial charge in [-0.3, -0.25) is 14.5 Å². The molecule has 192 valence electrons. The maximum Gasteiger partial charge on any atom is 0.300 e. The molecule has 1 saturated heterocycles. The van der Waals surface area contributed by atoms with Gasteiger partial charge in [0.25, 0.3) is 11.7 Å². The summed E-state index contributed by atoms with van der Waals surface area (Å²) in [7, 11) is 4.43. The first-order chi connectivity index (χ1) is 17.8. The SMILES string of the molecule is CCOc1cccc(N2C(=O)C(=O)/C(=C(/O)c3cc(Cl)ccc3OC)C2c2ccc(OC)c(OC)c2)c1. The van der Waals surface area contributed by atoms with E-state index in [9.17, 15) is 14.7 Å². The number of methoxy groups -OCH3 is 3. The lowest BCUT2D eigenvalue weighted by Gasteiger charge is -2.26. The zero-order chi connectivity index (χ0) is 26.7. The molecule has 1 heterocycles. The van der Waals surface area contributed by atoms with E-state index in [0.717, 1.165) is 0 Å². The molecule has 0 aliphatic carbocycles. The fourth-order valence-electron chi connectivity index (χ4n) is 4.34. The Labute approximate surface area is 219 Å². The largest absolute Gasteiger partial charge is 0.507 e. The van der Waals surface area contributed by atoms with E-state index in [1.54, 1.807) is 54.6 Å². The Balaban J connectivity index is 2.00. The summed E-state index contributed by atoms with van der Waals surface area (Å²) in [5.74, 6) is -0.396. The Morgan fingerprint density at radius 2 is 1.62 bits per heavy atom. The van der Waals surface area contributed by atoms with Gasteiger partial charge < -0.3 is 24.1 Å². The molecule has 8 nitrogen and oxygen atoms in total. The van der Waals surface area contributed by atoms with Crippen LogP contribution in [-0.2, 0) is 9.59 Å². The Bertz CT molecular complexity index is 1380. The summed E-state index contributed by atoms with van der Waals surface area (Å²) in [5, 5.41) is 11.8. The van der Waals surface area contributed by atoms with E-state index < -0.39 is 23.5 Å². The highest BCUT2D eigenvalue weighted by molar-refractivity contribution is 6.51. The smallest absolute Gasteiger partial charge is 0.300 e. The van der Waals surface area contributed by atoms with E-state index in [2.05, 4.69) is 0 Å². The molecule has 1 amide bonds. The third kappa shape index (κ3) is 4.80. The molecule has 37 heavy (non-hydrogen) atoms. The fraction of sp³-hybridized carbons (Fsp3) is 0.214. The van der Waals surface area contributed by atoms with E-state index in [1.807, 2.05) is 6.92 Å². The number of carbonyl (C=O) groups excluding carboxylic acids is 2. The molecule has 0 bridgehead atoms. The van der Waals surface area contributed by atoms with Crippen LogP contribution in [0.2, 0.25) is 5.02 Å². The second-order valence-corrected chi connectivity index (χ2v) is 8.49. The van der Waals surface area contributed by atoms with Crippen LogP contribution in [0.25, 0.3) is 5.76 Å². The van der Waals surface area contributed by atoms with E-state index in [0.29, 0.717) is 40.1 Å². The summed E-state index contributed by atoms with van der Waals surface area (Å²) in [6, 6.07) is 15.5. The second-order valence-electron chi connectivity index (χ2n) is 8.06. The van der Waals surface area contributed by atoms with Gasteiger partial charge in [-0.2, -0.15) is 0 Å². The number of aliphatic hydroxyl groups is 1. The zero-order valence-corrected chi connectivity index (χ0v) is 21.5. The summed E-state index contributed by atoms with van der Waals surface area (Å²) in [6.45, 7) is 2.27. The van der Waals surface area contributed by atoms with Crippen molar-refractivity contribution >= 4 is 34.7 Å². The number of ketones is 1. The minimum absolute atomic E-state index is 0.125. The van der Waals surface area contributed by atoms with Gasteiger partial charge >= 0.3 is 0 Å². The molecule has 1 aliphatic heterocycles. The molecule has 9 heteroatoms. The third-order valence-electron chi connectivity index (χ3n) is 5.99. The van der Waals surface area contributed by atoms with Crippen LogP contribution in [0.15, 0.2) is 66.2 Å². The number of ether oxygens (including phenoxy) is 4. The van der Waals surface area contributed by atoms with Gasteiger partial charge in [0.05, 0.1) is 45.1 Å². The number of halogens is 1. The van der Waals surface area contributed by atoms with Crippen LogP contribution in [0.1, 0.15) is 24.1 Å². The normalized spacial score (nSPS) is 16.6. The zero-order valence-electron chi connectivity index (χ0n) is 20.8. The highest BCUT2D eigenvalue weighted by Gasteiger charge is 2.47. The van der Waals surface area contributed by atoms with Gasteiger partial charge in [-0.1, -0.05) is 23.7 Å². The van der Waals surface area contributed by atoms with E-state index in [1.165, 1.54) is 32.3 Å². The quantitative estimate of drug-likeness (QED) is 0.240. The van der Waals surface area contributed by atoms with Crippen molar-refractivity contribution in [2.75, 3.05) is 32.8 Å². The first-order valence-electron chi connectivity index (χ1n) is 11.4. The average molecular weight is 524 g/mol. The highest BCUT2D eigenvalue weighted by atomic mass is 35.5. The molecule has 0 saturated carbocycles. The highest BCUT2D eigenvalue weighted by Crippen LogP contribution is 2.45. The number of aliphatic hydroxyl groups excluding tert-OH is 1. The first-order valence-corrected chi connectivity index (χ1v) is 11.8. The van der Waals surface area contributed by atoms with Gasteiger partial charge in [0.15, 0.2) is 11.5 Å². The minimum Gasteiger partial charge on any atom is -0.507 e. The molecule has 1 N–H and O–H groups in total. The number of nitrogens with zero attached hydrogens (tertiary/aromatic N) is 1. The van der Waals surface area contributed by atoms with Crippen LogP contribution in [0.5, 0.6) is 23.0 Å². The molecule has 1 atom stereocenters. The molecular formula is C28H26ClNO7. The summed E-state index contributed by atoms with van der Waals surface area (Å²) < 4.78 is 21.8. The molecule has 0 aromatic heterocycles. The topological polar surface area (TPSA) is 94.5 Å². The number of benzene rings is 3. The Morgan fingerprint density at radius 3 is 2.30 bits per heavy atom. The van der Waals surface area contributed by atoms with Crippen LogP contribution in [0.3, 0.4) is 0 Å². The van der Waals surface area contributed by atoms with Gasteiger partial charge in [0.2, 0.25) is 0 Å². The molecule has 4 rings (SSSR count). The summed E-state index contributed by atoms with van der Waals surface area (Å²) in [5.41, 5.74) is 0.993. The molecule has 1 unspecified atom stereocenters. The van der Waals surface area contributed by atoms with E-state index >= 15 is 0 Å². The maximum atomic E-state index is 13.5. The van der Waals surface area contributed by atoms with Crippen molar-refractivity contribution in [3.8, 4) is 23.0 Å². The lowest BCUT2D eigenvalue weighted by Crippen LogP contribution is -2.29. The van der Waals surface area contributed by atoms with Crippen LogP contribution in [0.4, 0.5) is 5.69 Å². The van der Waals surface area contributed by atoms with Gasteiger partial charge in [-0.25, -0.2) is 0 Å². The van der Waals surface area contributed by atoms with Gasteiger partial charge in [0.1, 0.15) is 17.3 Å². The number of amides is 1. The molecule has 0 radical (unpaired) electrons. The third-order valence-corrected chi connectivity index (χ3v) is 6.23. The lowest BCUT2D eigenvalue weighted by molar-refractivity contribution is -0.132. The van der Waals surface area contributed by atoms with Crippen molar-refractivity contribution in [2.45, 2.75) is 13.0 Å². The molecule has 0 spiro atoms. The monoisotopic (exact) mass is 523 g/mol. The second kappa shape index (κ2) is 10.8. The number of hydrogen-bond donors (Lipinski definition) is 1. The Hall–Kier alpha value is -4.17. The van der Waals surface area contributed by atoms with Crippen LogP contribution in [0, 0.1) is 0 Å². The van der Waals surface area contributed by atoms with Crippen LogP contribution >= 0.6 is 11.6 Å². The van der Waals surface area contributed by atoms with Crippen molar-refractivity contribution in [2.24, 2.45) is 0 Å². The Morgan fingerprint density at radius 1 is 0.919 bits per heavy atom. The number of anilines is 1. The van der Waals surface area contributed by atoms with Crippen LogP contribution < -0.4 is 23.8 Å². The first kappa shape index (κ1) is 25.9. The summed E-state index contributed by atoms with van der Waals surface area (Å²) in [6.07, 6.45) is 0. The molecular weight excluding hydrogens is 498 g/mol. The summed E-state index contributed by atoms with van der Waals surface area (Å²) >= 11 is 6.19. The van der Waals surface area contributed by atoms with Crippen molar-refractivity contribution in [3.05, 3.63) is 82.4 Å². The van der Waals surface area contributed by atoms with Gasteiger partial charge in [-0.05, 0) is 55.0 Å². The molecule has 1 aliphatic rings. The van der Waals surface area contributed by atoms with Crippen molar-refractivity contribution in [1.29, 1.82) is 0 Å². The predicted octanol–water partition coefficient (Wildman–Crippen LogP) is 5.39. The Kier molecular flexibility index (Phi) is 7.59. The maximum absolute atomic E-state index is 13.5. The van der Waals surface area contributed by atoms with E-state index in [4.69, 9.17) is 30.5 Å². The van der Waals surface area contributed by atoms with Gasteiger partial charge in [-0.15, -0.1) is 0 Å². The molecule has 1 fully saturated rings. The van der Waals surface area contributed by atoms with Crippen molar-refractivity contribution < 1.29 is 33.6 Å². The number of carbonyl (C=O) groups is 2. The lowest BCUT2D eigenvalue weighted by atomic mass is 9.94. The standard InChI is InChI=1S/C28H26ClNO7/c1-5-37-19-8-6-7-18(15-19)30-25(16-9-11-22(35-3)23(13-16)36-4)24(27(32)28(30)33)26(31)20-14-17(29)10-12-21(20)34-2/h6-15,25,31H,5H2,1-4H3/b26-24+. The predicted molar refractivity (Wildman–Crippen MR) is 140 cm³/mol. The number of rotatable bonds is 8. The molecule has 3 aromatic carbocycles. The van der Waals surface area contributed by atoms with Gasteiger partial charge in [0, 0.05) is 16.8 Å². The minimum atomic E-state index is -1.000. The van der Waals surface area contributed by atoms with E-state index in [-0.39, 0.29) is 16.9 Å². The van der Waals surface area contributed by atoms with Crippen molar-refractivity contribution in [1.82, 2.24) is 0 Å². The van der Waals surface area contributed by atoms with Crippen molar-refractivity contribution in [3.63, 3.8) is 0 Å². The summed E-state index contributed by atoms with van der Waals surface area (Å²) in [4.78, 5) is 28.3. The molecule has 3 aromatic rings. The average Bonchev–Trinajstić information content (AvgIpc) is 3.18. The fourth-order valence-corrected chi connectivity index (χ4v) is 4.51.